The van der Waals surface area contributed by atoms with E-state index in [0.717, 1.165) is 53.0 Å². The smallest absolute Gasteiger partial charge is 0.240 e. The molecule has 4 unspecified atom stereocenters. The number of carbonyl (C=O) groups excluding carboxylic acids is 3. The molecule has 2 N–H and O–H groups in total. The number of hydrogen-bond donors (Lipinski definition) is 1. The minimum atomic E-state index is -0.909. The molecule has 3 aromatic heterocycles. The van der Waals surface area contributed by atoms with Crippen LogP contribution >= 0.6 is 22.7 Å². The maximum absolute atomic E-state index is 14.2. The standard InChI is InChI=1S/C28H32N2O4S2/c1-15-11-13-35-25(15)21-20(24(31)19-10-9-17(3)34-19)22(26-16(2)12-14-36-26)30(23(21)27(29)32)28(33)18-7-5-4-6-8-18/h9-14,18,20-23H,4-8H2,1-3H3,(H2,29,32). The van der Waals surface area contributed by atoms with Gasteiger partial charge in [-0.15, -0.1) is 22.7 Å². The highest BCUT2D eigenvalue weighted by Crippen LogP contribution is 2.55. The molecule has 1 aliphatic carbocycles. The van der Waals surface area contributed by atoms with Gasteiger partial charge in [0, 0.05) is 21.6 Å². The number of ketones is 1. The first-order valence-electron chi connectivity index (χ1n) is 12.6. The molecule has 5 rings (SSSR count). The summed E-state index contributed by atoms with van der Waals surface area (Å²) in [6.45, 7) is 5.79. The Morgan fingerprint density at radius 1 is 0.917 bits per heavy atom. The molecule has 0 bridgehead atoms. The molecular weight excluding hydrogens is 492 g/mol. The van der Waals surface area contributed by atoms with Crippen molar-refractivity contribution in [3.05, 3.63) is 67.4 Å². The molecule has 6 nitrogen and oxygen atoms in total. The first-order valence-corrected chi connectivity index (χ1v) is 14.4. The fraction of sp³-hybridized carbons (Fsp3) is 0.464. The molecule has 4 atom stereocenters. The molecule has 36 heavy (non-hydrogen) atoms. The van der Waals surface area contributed by atoms with E-state index in [9.17, 15) is 14.4 Å². The van der Waals surface area contributed by atoms with E-state index in [1.807, 2.05) is 36.7 Å². The lowest BCUT2D eigenvalue weighted by Crippen LogP contribution is -2.49. The van der Waals surface area contributed by atoms with Crippen molar-refractivity contribution in [1.29, 1.82) is 0 Å². The Bertz CT molecular complexity index is 1280. The second kappa shape index (κ2) is 9.98. The van der Waals surface area contributed by atoms with Gasteiger partial charge in [0.25, 0.3) is 0 Å². The number of nitrogens with zero attached hydrogens (tertiary/aromatic N) is 1. The molecule has 0 aromatic carbocycles. The summed E-state index contributed by atoms with van der Waals surface area (Å²) < 4.78 is 5.79. The Morgan fingerprint density at radius 3 is 2.08 bits per heavy atom. The van der Waals surface area contributed by atoms with Crippen LogP contribution in [0.25, 0.3) is 0 Å². The predicted molar refractivity (Wildman–Crippen MR) is 141 cm³/mol. The number of primary amides is 1. The second-order valence-corrected chi connectivity index (χ2v) is 12.0. The van der Waals surface area contributed by atoms with Crippen LogP contribution in [0, 0.1) is 32.6 Å². The van der Waals surface area contributed by atoms with E-state index in [1.54, 1.807) is 24.0 Å². The molecule has 2 aliphatic rings. The van der Waals surface area contributed by atoms with Crippen molar-refractivity contribution in [3.63, 3.8) is 0 Å². The molecule has 190 valence electrons. The fourth-order valence-electron chi connectivity index (χ4n) is 6.11. The highest BCUT2D eigenvalue weighted by atomic mass is 32.1. The van der Waals surface area contributed by atoms with E-state index in [2.05, 4.69) is 0 Å². The molecule has 2 fully saturated rings. The third-order valence-electron chi connectivity index (χ3n) is 7.83. The van der Waals surface area contributed by atoms with Crippen molar-refractivity contribution in [2.24, 2.45) is 17.6 Å². The number of Topliss-reactive ketones (excluding diaryl/α,β-unsaturated/α-hetero) is 1. The highest BCUT2D eigenvalue weighted by molar-refractivity contribution is 7.10. The number of thiophene rings is 2. The lowest BCUT2D eigenvalue weighted by atomic mass is 9.80. The van der Waals surface area contributed by atoms with Gasteiger partial charge in [0.2, 0.25) is 17.6 Å². The Labute approximate surface area is 219 Å². The summed E-state index contributed by atoms with van der Waals surface area (Å²) in [5.74, 6) is -1.30. The fourth-order valence-corrected chi connectivity index (χ4v) is 8.29. The second-order valence-electron chi connectivity index (χ2n) is 10.1. The van der Waals surface area contributed by atoms with Gasteiger partial charge >= 0.3 is 0 Å². The summed E-state index contributed by atoms with van der Waals surface area (Å²) >= 11 is 3.05. The first kappa shape index (κ1) is 25.0. The highest BCUT2D eigenvalue weighted by Gasteiger charge is 2.59. The van der Waals surface area contributed by atoms with Gasteiger partial charge in [-0.3, -0.25) is 14.4 Å². The molecule has 2 amide bonds. The molecule has 8 heteroatoms. The average Bonchev–Trinajstić information content (AvgIpc) is 3.64. The predicted octanol–water partition coefficient (Wildman–Crippen LogP) is 5.93. The van der Waals surface area contributed by atoms with E-state index in [4.69, 9.17) is 10.2 Å². The number of rotatable bonds is 6. The molecule has 0 spiro atoms. The molecule has 4 heterocycles. The Balaban J connectivity index is 1.73. The van der Waals surface area contributed by atoms with Crippen LogP contribution in [-0.2, 0) is 9.59 Å². The summed E-state index contributed by atoms with van der Waals surface area (Å²) in [5.41, 5.74) is 8.11. The number of carbonyl (C=O) groups is 3. The van der Waals surface area contributed by atoms with Gasteiger partial charge in [0.1, 0.15) is 11.8 Å². The van der Waals surface area contributed by atoms with Crippen LogP contribution in [0.4, 0.5) is 0 Å². The van der Waals surface area contributed by atoms with Gasteiger partial charge in [-0.1, -0.05) is 19.3 Å². The maximum atomic E-state index is 14.2. The summed E-state index contributed by atoms with van der Waals surface area (Å²) in [5, 5.41) is 3.95. The lowest BCUT2D eigenvalue weighted by Gasteiger charge is -2.34. The van der Waals surface area contributed by atoms with Crippen molar-refractivity contribution in [1.82, 2.24) is 4.90 Å². The zero-order chi connectivity index (χ0) is 25.6. The molecule has 1 saturated carbocycles. The SMILES string of the molecule is Cc1ccc(C(=O)C2C(c3sccc3C)C(C(N)=O)N(C(=O)C3CCCCC3)C2c2sccc2C)o1. The molecule has 3 aromatic rings. The molecule has 1 aliphatic heterocycles. The average molecular weight is 525 g/mol. The van der Waals surface area contributed by atoms with Crippen molar-refractivity contribution >= 4 is 40.3 Å². The number of nitrogens with two attached hydrogens (primary N) is 1. The summed E-state index contributed by atoms with van der Waals surface area (Å²) in [6, 6.07) is 5.97. The van der Waals surface area contributed by atoms with E-state index >= 15 is 0 Å². The topological polar surface area (TPSA) is 93.6 Å². The van der Waals surface area contributed by atoms with Crippen LogP contribution in [0.3, 0.4) is 0 Å². The third kappa shape index (κ3) is 4.24. The number of aryl methyl sites for hydroxylation is 3. The Hall–Kier alpha value is -2.71. The van der Waals surface area contributed by atoms with E-state index < -0.39 is 29.8 Å². The number of hydrogen-bond acceptors (Lipinski definition) is 6. The van der Waals surface area contributed by atoms with Crippen molar-refractivity contribution in [2.45, 2.75) is 70.9 Å². The van der Waals surface area contributed by atoms with Gasteiger partial charge < -0.3 is 15.1 Å². The van der Waals surface area contributed by atoms with Crippen molar-refractivity contribution in [3.8, 4) is 0 Å². The molecular formula is C28H32N2O4S2. The van der Waals surface area contributed by atoms with Gasteiger partial charge in [-0.2, -0.15) is 0 Å². The van der Waals surface area contributed by atoms with Crippen LogP contribution in [0.2, 0.25) is 0 Å². The van der Waals surface area contributed by atoms with E-state index in [-0.39, 0.29) is 23.4 Å². The summed E-state index contributed by atoms with van der Waals surface area (Å²) in [6.07, 6.45) is 4.71. The van der Waals surface area contributed by atoms with E-state index in [1.165, 1.54) is 22.7 Å². The van der Waals surface area contributed by atoms with Gasteiger partial charge in [-0.25, -0.2) is 0 Å². The van der Waals surface area contributed by atoms with Crippen molar-refractivity contribution < 1.29 is 18.8 Å². The Kier molecular flexibility index (Phi) is 6.92. The van der Waals surface area contributed by atoms with Crippen LogP contribution in [-0.4, -0.2) is 28.5 Å². The summed E-state index contributed by atoms with van der Waals surface area (Å²) in [7, 11) is 0. The molecule has 0 radical (unpaired) electrons. The van der Waals surface area contributed by atoms with Gasteiger partial charge in [0.15, 0.2) is 5.76 Å². The zero-order valence-electron chi connectivity index (χ0n) is 20.9. The number of likely N-dealkylation sites (tertiary alicyclic amines) is 1. The minimum Gasteiger partial charge on any atom is -0.458 e. The monoisotopic (exact) mass is 524 g/mol. The van der Waals surface area contributed by atoms with Crippen LogP contribution in [0.15, 0.2) is 39.4 Å². The van der Waals surface area contributed by atoms with Gasteiger partial charge in [-0.05, 0) is 79.8 Å². The maximum Gasteiger partial charge on any atom is 0.240 e. The Morgan fingerprint density at radius 2 is 1.56 bits per heavy atom. The normalized spacial score (nSPS) is 24.8. The van der Waals surface area contributed by atoms with Crippen LogP contribution in [0.1, 0.15) is 81.3 Å². The zero-order valence-corrected chi connectivity index (χ0v) is 22.5. The van der Waals surface area contributed by atoms with Crippen LogP contribution in [0.5, 0.6) is 0 Å². The van der Waals surface area contributed by atoms with Crippen molar-refractivity contribution in [2.75, 3.05) is 0 Å². The molecule has 1 saturated heterocycles. The number of amides is 2. The number of furan rings is 1. The lowest BCUT2D eigenvalue weighted by molar-refractivity contribution is -0.144. The van der Waals surface area contributed by atoms with Gasteiger partial charge in [0.05, 0.1) is 12.0 Å². The largest absolute Gasteiger partial charge is 0.458 e. The third-order valence-corrected chi connectivity index (χ3v) is 10.0. The quantitative estimate of drug-likeness (QED) is 0.405. The van der Waals surface area contributed by atoms with E-state index in [0.29, 0.717) is 5.76 Å². The first-order chi connectivity index (χ1) is 17.3. The van der Waals surface area contributed by atoms with Crippen LogP contribution < -0.4 is 5.73 Å². The minimum absolute atomic E-state index is 0.0542. The summed E-state index contributed by atoms with van der Waals surface area (Å²) in [4.78, 5) is 45.3.